The molecule has 0 atom stereocenters. The number of ether oxygens (including phenoxy) is 1. The van der Waals surface area contributed by atoms with Gasteiger partial charge in [-0.15, -0.1) is 6.58 Å². The van der Waals surface area contributed by atoms with E-state index in [1.807, 2.05) is 6.08 Å². The fourth-order valence-corrected chi connectivity index (χ4v) is 3.67. The molecule has 0 radical (unpaired) electrons. The summed E-state index contributed by atoms with van der Waals surface area (Å²) in [6.07, 6.45) is 12.3. The summed E-state index contributed by atoms with van der Waals surface area (Å²) >= 11 is 5.85. The Kier molecular flexibility index (Phi) is 9.59. The van der Waals surface area contributed by atoms with Crippen molar-refractivity contribution in [3.8, 4) is 5.75 Å². The van der Waals surface area contributed by atoms with Crippen molar-refractivity contribution < 1.29 is 9.53 Å². The summed E-state index contributed by atoms with van der Waals surface area (Å²) in [7, 11) is 3.91. The van der Waals surface area contributed by atoms with Gasteiger partial charge in [-0.3, -0.25) is 4.90 Å². The lowest BCUT2D eigenvalue weighted by Gasteiger charge is -2.28. The van der Waals surface area contributed by atoms with Gasteiger partial charge in [0.1, 0.15) is 5.75 Å². The Bertz CT molecular complexity index is 637. The van der Waals surface area contributed by atoms with E-state index in [-0.39, 0.29) is 6.09 Å². The Morgan fingerprint density at radius 1 is 1.18 bits per heavy atom. The third-order valence-electron chi connectivity index (χ3n) is 5.36. The van der Waals surface area contributed by atoms with E-state index in [0.717, 1.165) is 26.1 Å². The number of hydrogen-bond acceptors (Lipinski definition) is 3. The summed E-state index contributed by atoms with van der Waals surface area (Å²) < 4.78 is 5.38. The summed E-state index contributed by atoms with van der Waals surface area (Å²) in [6, 6.07) is 6.85. The second-order valence-corrected chi connectivity index (χ2v) is 8.19. The van der Waals surface area contributed by atoms with E-state index in [4.69, 9.17) is 16.3 Å². The summed E-state index contributed by atoms with van der Waals surface area (Å²) in [5.41, 5.74) is 0. The SMILES string of the molecule is C=CCN(C)CC=CC1CCC(CCN(C)C(=O)Oc2ccc(Cl)cc2)CC1. The average Bonchev–Trinajstić information content (AvgIpc) is 2.69. The maximum absolute atomic E-state index is 12.2. The molecule has 1 amide bonds. The molecule has 1 saturated carbocycles. The van der Waals surface area contributed by atoms with Gasteiger partial charge in [0.05, 0.1) is 0 Å². The molecule has 2 rings (SSSR count). The van der Waals surface area contributed by atoms with Crippen LogP contribution in [-0.2, 0) is 0 Å². The van der Waals surface area contributed by atoms with E-state index in [9.17, 15) is 4.79 Å². The van der Waals surface area contributed by atoms with Crippen LogP contribution in [0.3, 0.4) is 0 Å². The van der Waals surface area contributed by atoms with Crippen LogP contribution >= 0.6 is 11.6 Å². The standard InChI is InChI=1S/C23H33ClN2O2/c1-4-16-25(2)17-5-6-19-7-9-20(10-8-19)15-18-26(3)23(27)28-22-13-11-21(24)12-14-22/h4-6,11-14,19-20H,1,7-10,15-18H2,2-3H3. The number of carbonyl (C=O) groups is 1. The van der Waals surface area contributed by atoms with Gasteiger partial charge >= 0.3 is 6.09 Å². The van der Waals surface area contributed by atoms with Crippen molar-refractivity contribution >= 4 is 17.7 Å². The molecule has 5 heteroatoms. The first-order chi connectivity index (χ1) is 13.5. The van der Waals surface area contributed by atoms with E-state index >= 15 is 0 Å². The van der Waals surface area contributed by atoms with Crippen LogP contribution in [0.15, 0.2) is 49.1 Å². The Labute approximate surface area is 174 Å². The third-order valence-corrected chi connectivity index (χ3v) is 5.61. The van der Waals surface area contributed by atoms with Gasteiger partial charge in [0, 0.05) is 31.7 Å². The monoisotopic (exact) mass is 404 g/mol. The Morgan fingerprint density at radius 3 is 2.50 bits per heavy atom. The number of likely N-dealkylation sites (N-methyl/N-ethyl adjacent to an activating group) is 1. The molecule has 0 aliphatic heterocycles. The van der Waals surface area contributed by atoms with Crippen molar-refractivity contribution in [1.29, 1.82) is 0 Å². The Morgan fingerprint density at radius 2 is 1.86 bits per heavy atom. The number of amides is 1. The predicted octanol–water partition coefficient (Wildman–Crippen LogP) is 5.64. The van der Waals surface area contributed by atoms with Crippen LogP contribution in [0.4, 0.5) is 4.79 Å². The van der Waals surface area contributed by atoms with Crippen molar-refractivity contribution in [1.82, 2.24) is 9.80 Å². The number of nitrogens with zero attached hydrogens (tertiary/aromatic N) is 2. The molecule has 0 spiro atoms. The first-order valence-corrected chi connectivity index (χ1v) is 10.5. The van der Waals surface area contributed by atoms with E-state index in [2.05, 4.69) is 30.7 Å². The van der Waals surface area contributed by atoms with E-state index in [1.165, 1.54) is 25.7 Å². The number of benzene rings is 1. The van der Waals surface area contributed by atoms with Crippen LogP contribution < -0.4 is 4.74 Å². The molecular weight excluding hydrogens is 372 g/mol. The van der Waals surface area contributed by atoms with Crippen LogP contribution in [0.2, 0.25) is 5.02 Å². The highest BCUT2D eigenvalue weighted by Gasteiger charge is 2.21. The molecule has 0 unspecified atom stereocenters. The quantitative estimate of drug-likeness (QED) is 0.499. The zero-order chi connectivity index (χ0) is 20.4. The average molecular weight is 405 g/mol. The van der Waals surface area contributed by atoms with Crippen LogP contribution in [0.25, 0.3) is 0 Å². The molecule has 0 heterocycles. The highest BCUT2D eigenvalue weighted by Crippen LogP contribution is 2.31. The summed E-state index contributed by atoms with van der Waals surface area (Å²) in [4.78, 5) is 16.1. The second-order valence-electron chi connectivity index (χ2n) is 7.75. The minimum atomic E-state index is -0.317. The molecule has 0 N–H and O–H groups in total. The van der Waals surface area contributed by atoms with Gasteiger partial charge < -0.3 is 9.64 Å². The molecular formula is C23H33ClN2O2. The van der Waals surface area contributed by atoms with Crippen molar-refractivity contribution in [2.45, 2.75) is 32.1 Å². The minimum absolute atomic E-state index is 0.317. The fraction of sp³-hybridized carbons (Fsp3) is 0.522. The maximum Gasteiger partial charge on any atom is 0.414 e. The van der Waals surface area contributed by atoms with Gasteiger partial charge in [0.25, 0.3) is 0 Å². The molecule has 0 saturated heterocycles. The lowest BCUT2D eigenvalue weighted by molar-refractivity contribution is 0.157. The topological polar surface area (TPSA) is 32.8 Å². The molecule has 1 aliphatic rings. The molecule has 1 aliphatic carbocycles. The van der Waals surface area contributed by atoms with Gasteiger partial charge in [-0.2, -0.15) is 0 Å². The van der Waals surface area contributed by atoms with Crippen LogP contribution in [-0.4, -0.2) is 49.6 Å². The molecule has 0 aromatic heterocycles. The van der Waals surface area contributed by atoms with Gasteiger partial charge in [-0.25, -0.2) is 4.79 Å². The number of carbonyl (C=O) groups excluding carboxylic acids is 1. The number of allylic oxidation sites excluding steroid dienone is 1. The van der Waals surface area contributed by atoms with Crippen LogP contribution in [0.5, 0.6) is 5.75 Å². The number of halogens is 1. The highest BCUT2D eigenvalue weighted by atomic mass is 35.5. The van der Waals surface area contributed by atoms with Crippen molar-refractivity contribution in [3.05, 3.63) is 54.1 Å². The number of hydrogen-bond donors (Lipinski definition) is 0. The van der Waals surface area contributed by atoms with Crippen LogP contribution in [0.1, 0.15) is 32.1 Å². The maximum atomic E-state index is 12.2. The zero-order valence-corrected chi connectivity index (χ0v) is 17.9. The van der Waals surface area contributed by atoms with Crippen molar-refractivity contribution in [2.24, 2.45) is 11.8 Å². The molecule has 1 aromatic rings. The predicted molar refractivity (Wildman–Crippen MR) is 117 cm³/mol. The Hall–Kier alpha value is -1.78. The van der Waals surface area contributed by atoms with Gasteiger partial charge in [0.15, 0.2) is 0 Å². The van der Waals surface area contributed by atoms with Crippen molar-refractivity contribution in [2.75, 3.05) is 33.7 Å². The first-order valence-electron chi connectivity index (χ1n) is 10.1. The molecule has 28 heavy (non-hydrogen) atoms. The van der Waals surface area contributed by atoms with E-state index in [1.54, 1.807) is 36.2 Å². The molecule has 154 valence electrons. The lowest BCUT2D eigenvalue weighted by atomic mass is 9.80. The first kappa shape index (κ1) is 22.5. The largest absolute Gasteiger partial charge is 0.414 e. The van der Waals surface area contributed by atoms with Gasteiger partial charge in [-0.05, 0) is 75.3 Å². The summed E-state index contributed by atoms with van der Waals surface area (Å²) in [5.74, 6) is 1.91. The number of rotatable bonds is 9. The smallest absolute Gasteiger partial charge is 0.410 e. The summed E-state index contributed by atoms with van der Waals surface area (Å²) in [5, 5.41) is 0.627. The van der Waals surface area contributed by atoms with Crippen molar-refractivity contribution in [3.63, 3.8) is 0 Å². The normalized spacial score (nSPS) is 19.7. The zero-order valence-electron chi connectivity index (χ0n) is 17.1. The molecule has 0 bridgehead atoms. The highest BCUT2D eigenvalue weighted by molar-refractivity contribution is 6.30. The van der Waals surface area contributed by atoms with E-state index in [0.29, 0.717) is 22.6 Å². The van der Waals surface area contributed by atoms with Gasteiger partial charge in [0.2, 0.25) is 0 Å². The minimum Gasteiger partial charge on any atom is -0.410 e. The molecule has 4 nitrogen and oxygen atoms in total. The Balaban J connectivity index is 1.64. The molecule has 1 aromatic carbocycles. The lowest BCUT2D eigenvalue weighted by Crippen LogP contribution is -2.32. The molecule has 1 fully saturated rings. The van der Waals surface area contributed by atoms with Crippen LogP contribution in [0, 0.1) is 11.8 Å². The fourth-order valence-electron chi connectivity index (χ4n) is 3.55. The third kappa shape index (κ3) is 8.07. The second kappa shape index (κ2) is 11.9. The van der Waals surface area contributed by atoms with E-state index < -0.39 is 0 Å². The van der Waals surface area contributed by atoms with Gasteiger partial charge in [-0.1, -0.05) is 29.8 Å². The summed E-state index contributed by atoms with van der Waals surface area (Å²) in [6.45, 7) is 6.39.